The van der Waals surface area contributed by atoms with Crippen LogP contribution in [0, 0.1) is 6.92 Å². The van der Waals surface area contributed by atoms with Gasteiger partial charge in [-0.15, -0.1) is 5.10 Å². The van der Waals surface area contributed by atoms with Crippen LogP contribution in [0.2, 0.25) is 0 Å². The Labute approximate surface area is 86.9 Å². The van der Waals surface area contributed by atoms with E-state index in [1.54, 1.807) is 30.5 Å². The second-order valence-corrected chi connectivity index (χ2v) is 2.99. The minimum Gasteiger partial charge on any atom is -0.419 e. The Morgan fingerprint density at radius 1 is 1.20 bits per heavy atom. The predicted octanol–water partition coefficient (Wildman–Crippen LogP) is 1.55. The molecule has 0 aromatic carbocycles. The summed E-state index contributed by atoms with van der Waals surface area (Å²) in [4.78, 5) is 4.15. The van der Waals surface area contributed by atoms with Crippen LogP contribution < -0.4 is 10.5 Å². The summed E-state index contributed by atoms with van der Waals surface area (Å²) in [5.74, 6) is 0.872. The summed E-state index contributed by atoms with van der Waals surface area (Å²) in [7, 11) is 0. The van der Waals surface area contributed by atoms with Crippen LogP contribution in [0.1, 0.15) is 5.69 Å². The van der Waals surface area contributed by atoms with Crippen molar-refractivity contribution < 1.29 is 4.74 Å². The number of nitrogens with two attached hydrogens (primary N) is 1. The van der Waals surface area contributed by atoms with Gasteiger partial charge in [-0.2, -0.15) is 5.10 Å². The number of hydrogen-bond acceptors (Lipinski definition) is 5. The molecule has 15 heavy (non-hydrogen) atoms. The molecule has 2 N–H and O–H groups in total. The number of nitrogen functional groups attached to an aromatic ring is 1. The number of aromatic nitrogens is 3. The predicted molar refractivity (Wildman–Crippen MR) is 55.5 cm³/mol. The first kappa shape index (κ1) is 9.39. The molecule has 0 amide bonds. The van der Waals surface area contributed by atoms with Crippen LogP contribution in [-0.2, 0) is 0 Å². The highest BCUT2D eigenvalue weighted by Gasteiger charge is 2.01. The first-order chi connectivity index (χ1) is 7.25. The van der Waals surface area contributed by atoms with Crippen LogP contribution in [-0.4, -0.2) is 15.2 Å². The van der Waals surface area contributed by atoms with E-state index < -0.39 is 0 Å². The summed E-state index contributed by atoms with van der Waals surface area (Å²) >= 11 is 0. The molecule has 76 valence electrons. The lowest BCUT2D eigenvalue weighted by molar-refractivity contribution is 0.437. The average Bonchev–Trinajstić information content (AvgIpc) is 2.25. The van der Waals surface area contributed by atoms with E-state index in [0.717, 1.165) is 5.69 Å². The average molecular weight is 202 g/mol. The minimum absolute atomic E-state index is 0.411. The van der Waals surface area contributed by atoms with E-state index in [4.69, 9.17) is 10.5 Å². The van der Waals surface area contributed by atoms with Gasteiger partial charge >= 0.3 is 0 Å². The molecule has 5 heteroatoms. The van der Waals surface area contributed by atoms with Crippen molar-refractivity contribution in [2.75, 3.05) is 5.73 Å². The molecular formula is C10H10N4O. The highest BCUT2D eigenvalue weighted by atomic mass is 16.5. The summed E-state index contributed by atoms with van der Waals surface area (Å²) in [6.45, 7) is 1.82. The Balaban J connectivity index is 2.22. The van der Waals surface area contributed by atoms with Crippen molar-refractivity contribution in [1.29, 1.82) is 0 Å². The molecule has 2 rings (SSSR count). The number of aryl methyl sites for hydroxylation is 1. The number of ether oxygens (including phenoxy) is 1. The van der Waals surface area contributed by atoms with Crippen molar-refractivity contribution in [3.8, 4) is 11.8 Å². The third-order valence-electron chi connectivity index (χ3n) is 1.86. The van der Waals surface area contributed by atoms with Crippen molar-refractivity contribution in [2.45, 2.75) is 6.92 Å². The molecule has 2 heterocycles. The third-order valence-corrected chi connectivity index (χ3v) is 1.86. The Kier molecular flexibility index (Phi) is 2.45. The number of anilines is 1. The summed E-state index contributed by atoms with van der Waals surface area (Å²) in [6, 6.07) is 6.89. The lowest BCUT2D eigenvalue weighted by atomic mass is 10.3. The van der Waals surface area contributed by atoms with Crippen molar-refractivity contribution in [3.63, 3.8) is 0 Å². The van der Waals surface area contributed by atoms with Crippen molar-refractivity contribution >= 4 is 5.69 Å². The van der Waals surface area contributed by atoms with Gasteiger partial charge in [0.1, 0.15) is 0 Å². The third kappa shape index (κ3) is 2.19. The molecule has 0 unspecified atom stereocenters. The van der Waals surface area contributed by atoms with Gasteiger partial charge in [-0.1, -0.05) is 0 Å². The van der Waals surface area contributed by atoms with E-state index in [0.29, 0.717) is 17.4 Å². The molecule has 0 saturated heterocycles. The minimum atomic E-state index is 0.411. The van der Waals surface area contributed by atoms with Gasteiger partial charge in [0.15, 0.2) is 0 Å². The van der Waals surface area contributed by atoms with Gasteiger partial charge in [0, 0.05) is 18.3 Å². The zero-order valence-corrected chi connectivity index (χ0v) is 8.21. The summed E-state index contributed by atoms with van der Waals surface area (Å²) in [5.41, 5.74) is 7.01. The van der Waals surface area contributed by atoms with Crippen LogP contribution in [0.15, 0.2) is 30.5 Å². The zero-order chi connectivity index (χ0) is 10.7. The van der Waals surface area contributed by atoms with Crippen LogP contribution in [0.4, 0.5) is 5.69 Å². The summed E-state index contributed by atoms with van der Waals surface area (Å²) in [5, 5.41) is 7.48. The first-order valence-electron chi connectivity index (χ1n) is 4.44. The number of nitrogens with zero attached hydrogens (tertiary/aromatic N) is 3. The highest BCUT2D eigenvalue weighted by molar-refractivity contribution is 5.43. The maximum absolute atomic E-state index is 5.64. The van der Waals surface area contributed by atoms with Gasteiger partial charge in [0.25, 0.3) is 0 Å². The maximum Gasteiger partial charge on any atom is 0.240 e. The molecule has 2 aromatic rings. The Hall–Kier alpha value is -2.17. The van der Waals surface area contributed by atoms with E-state index >= 15 is 0 Å². The molecule has 2 aromatic heterocycles. The monoisotopic (exact) mass is 202 g/mol. The second-order valence-electron chi connectivity index (χ2n) is 2.99. The highest BCUT2D eigenvalue weighted by Crippen LogP contribution is 2.18. The summed E-state index contributed by atoms with van der Waals surface area (Å²) < 4.78 is 5.37. The topological polar surface area (TPSA) is 73.9 Å². The van der Waals surface area contributed by atoms with Gasteiger partial charge < -0.3 is 10.5 Å². The standard InChI is InChI=1S/C10H10N4O/c1-7-8(11)4-5-9(13-7)15-10-3-2-6-12-14-10/h2-6H,11H2,1H3. The van der Waals surface area contributed by atoms with E-state index in [-0.39, 0.29) is 0 Å². The van der Waals surface area contributed by atoms with Crippen LogP contribution >= 0.6 is 0 Å². The molecule has 0 radical (unpaired) electrons. The molecule has 0 aliphatic heterocycles. The Morgan fingerprint density at radius 2 is 2.07 bits per heavy atom. The SMILES string of the molecule is Cc1nc(Oc2cccnn2)ccc1N. The smallest absolute Gasteiger partial charge is 0.240 e. The number of rotatable bonds is 2. The normalized spacial score (nSPS) is 9.93. The molecule has 0 aliphatic rings. The van der Waals surface area contributed by atoms with E-state index in [2.05, 4.69) is 15.2 Å². The van der Waals surface area contributed by atoms with Crippen molar-refractivity contribution in [1.82, 2.24) is 15.2 Å². The molecule has 0 fully saturated rings. The quantitative estimate of drug-likeness (QED) is 0.799. The molecule has 0 atom stereocenters. The molecule has 0 spiro atoms. The molecule has 0 saturated carbocycles. The van der Waals surface area contributed by atoms with Crippen LogP contribution in [0.5, 0.6) is 11.8 Å². The van der Waals surface area contributed by atoms with E-state index in [9.17, 15) is 0 Å². The Morgan fingerprint density at radius 3 is 2.73 bits per heavy atom. The van der Waals surface area contributed by atoms with Gasteiger partial charge in [-0.3, -0.25) is 0 Å². The molecule has 0 bridgehead atoms. The zero-order valence-electron chi connectivity index (χ0n) is 8.21. The Bertz CT molecular complexity index is 458. The van der Waals surface area contributed by atoms with Crippen molar-refractivity contribution in [3.05, 3.63) is 36.2 Å². The van der Waals surface area contributed by atoms with Gasteiger partial charge in [0.05, 0.1) is 11.4 Å². The second kappa shape index (κ2) is 3.91. The lowest BCUT2D eigenvalue weighted by Crippen LogP contribution is -1.96. The fourth-order valence-corrected chi connectivity index (χ4v) is 1.05. The molecule has 0 aliphatic carbocycles. The van der Waals surface area contributed by atoms with E-state index in [1.807, 2.05) is 6.92 Å². The van der Waals surface area contributed by atoms with Crippen molar-refractivity contribution in [2.24, 2.45) is 0 Å². The molecule has 5 nitrogen and oxygen atoms in total. The van der Waals surface area contributed by atoms with Gasteiger partial charge in [-0.25, -0.2) is 4.98 Å². The fraction of sp³-hybridized carbons (Fsp3) is 0.100. The lowest BCUT2D eigenvalue weighted by Gasteiger charge is -2.04. The van der Waals surface area contributed by atoms with Crippen LogP contribution in [0.3, 0.4) is 0 Å². The first-order valence-corrected chi connectivity index (χ1v) is 4.44. The van der Waals surface area contributed by atoms with Gasteiger partial charge in [0.2, 0.25) is 11.8 Å². The van der Waals surface area contributed by atoms with E-state index in [1.165, 1.54) is 0 Å². The maximum atomic E-state index is 5.64. The summed E-state index contributed by atoms with van der Waals surface area (Å²) in [6.07, 6.45) is 1.58. The number of hydrogen-bond donors (Lipinski definition) is 1. The molecular weight excluding hydrogens is 192 g/mol. The fourth-order valence-electron chi connectivity index (χ4n) is 1.05. The number of pyridine rings is 1. The van der Waals surface area contributed by atoms with Gasteiger partial charge in [-0.05, 0) is 19.1 Å². The van der Waals surface area contributed by atoms with Crippen LogP contribution in [0.25, 0.3) is 0 Å². The largest absolute Gasteiger partial charge is 0.419 e.